The minimum Gasteiger partial charge on any atom is -0.265 e. The van der Waals surface area contributed by atoms with Gasteiger partial charge in [0, 0.05) is 23.5 Å². The maximum atomic E-state index is 4.68. The summed E-state index contributed by atoms with van der Waals surface area (Å²) in [4.78, 5) is 4.19. The number of fused-ring (bicyclic) bond motifs is 1. The van der Waals surface area contributed by atoms with Crippen LogP contribution in [0.4, 0.5) is 0 Å². The van der Waals surface area contributed by atoms with Crippen LogP contribution in [0.25, 0.3) is 33.2 Å². The lowest BCUT2D eigenvalue weighted by atomic mass is 9.91. The van der Waals surface area contributed by atoms with Gasteiger partial charge in [0.15, 0.2) is 0 Å². The normalized spacial score (nSPS) is 11.0. The molecule has 0 aliphatic rings. The van der Waals surface area contributed by atoms with E-state index < -0.39 is 0 Å². The van der Waals surface area contributed by atoms with E-state index >= 15 is 0 Å². The molecule has 2 aromatic heterocycles. The Morgan fingerprint density at radius 2 is 1.54 bits per heavy atom. The highest BCUT2D eigenvalue weighted by atomic mass is 15.1. The van der Waals surface area contributed by atoms with Gasteiger partial charge in [0.05, 0.1) is 5.69 Å². The fourth-order valence-electron chi connectivity index (χ4n) is 3.62. The first-order chi connectivity index (χ1) is 12.8. The maximum Gasteiger partial charge on any atom is 0.102 e. The summed E-state index contributed by atoms with van der Waals surface area (Å²) in [6.45, 7) is 4.32. The summed E-state index contributed by atoms with van der Waals surface area (Å²) in [6, 6.07) is 18.9. The van der Waals surface area contributed by atoms with E-state index in [0.29, 0.717) is 0 Å². The number of hydrogen-bond acceptors (Lipinski definition) is 3. The van der Waals surface area contributed by atoms with E-state index in [1.165, 1.54) is 21.9 Å². The van der Waals surface area contributed by atoms with Gasteiger partial charge in [0.2, 0.25) is 0 Å². The molecule has 0 fully saturated rings. The molecule has 4 aromatic rings. The smallest absolute Gasteiger partial charge is 0.102 e. The minimum atomic E-state index is 0.879. The molecule has 2 aromatic carbocycles. The fourth-order valence-corrected chi connectivity index (χ4v) is 3.62. The van der Waals surface area contributed by atoms with E-state index in [-0.39, 0.29) is 0 Å². The number of hydrogen-bond donors (Lipinski definition) is 0. The Balaban J connectivity index is 2.08. The summed E-state index contributed by atoms with van der Waals surface area (Å²) >= 11 is 0. The van der Waals surface area contributed by atoms with Crippen LogP contribution >= 0.6 is 0 Å². The number of benzene rings is 2. The van der Waals surface area contributed by atoms with E-state index in [0.717, 1.165) is 35.4 Å². The molecule has 0 aliphatic heterocycles. The van der Waals surface area contributed by atoms with Gasteiger partial charge in [-0.2, -0.15) is 5.10 Å². The number of rotatable bonds is 4. The average molecular weight is 339 g/mol. The number of aryl methyl sites for hydroxylation is 1. The molecule has 0 amide bonds. The van der Waals surface area contributed by atoms with Gasteiger partial charge in [-0.15, -0.1) is 5.10 Å². The molecule has 0 bridgehead atoms. The highest BCUT2D eigenvalue weighted by Gasteiger charge is 2.18. The van der Waals surface area contributed by atoms with Crippen LogP contribution < -0.4 is 0 Å². The van der Waals surface area contributed by atoms with Crippen molar-refractivity contribution in [3.05, 3.63) is 78.2 Å². The molecule has 0 aliphatic carbocycles. The van der Waals surface area contributed by atoms with E-state index in [1.807, 2.05) is 12.4 Å². The lowest BCUT2D eigenvalue weighted by molar-refractivity contribution is 0.885. The Bertz CT molecular complexity index is 1050. The molecule has 4 rings (SSSR count). The molecular formula is C23H21N3. The largest absolute Gasteiger partial charge is 0.265 e. The van der Waals surface area contributed by atoms with Gasteiger partial charge in [-0.25, -0.2) is 0 Å². The zero-order valence-corrected chi connectivity index (χ0v) is 15.1. The lowest BCUT2D eigenvalue weighted by Crippen LogP contribution is -2.05. The Morgan fingerprint density at radius 3 is 2.31 bits per heavy atom. The van der Waals surface area contributed by atoms with Crippen LogP contribution in [-0.2, 0) is 12.8 Å². The van der Waals surface area contributed by atoms with Crippen molar-refractivity contribution in [2.45, 2.75) is 26.7 Å². The third kappa shape index (κ3) is 2.76. The van der Waals surface area contributed by atoms with Crippen LogP contribution in [0.5, 0.6) is 0 Å². The SMILES string of the molecule is CCc1nnc(-c2cccc3ccccc23)c(-c2ccncc2)c1CC. The molecule has 0 spiro atoms. The monoisotopic (exact) mass is 339 g/mol. The lowest BCUT2D eigenvalue weighted by Gasteiger charge is -2.17. The molecule has 3 heteroatoms. The van der Waals surface area contributed by atoms with Gasteiger partial charge in [0.1, 0.15) is 5.69 Å². The first kappa shape index (κ1) is 16.4. The summed E-state index contributed by atoms with van der Waals surface area (Å²) < 4.78 is 0. The van der Waals surface area contributed by atoms with Gasteiger partial charge in [-0.05, 0) is 46.9 Å². The zero-order valence-electron chi connectivity index (χ0n) is 15.1. The summed E-state index contributed by atoms with van der Waals surface area (Å²) in [6.07, 6.45) is 5.49. The van der Waals surface area contributed by atoms with Crippen LogP contribution in [0, 0.1) is 0 Å². The molecule has 0 N–H and O–H groups in total. The van der Waals surface area contributed by atoms with Crippen LogP contribution in [0.15, 0.2) is 67.0 Å². The molecule has 0 unspecified atom stereocenters. The van der Waals surface area contributed by atoms with Gasteiger partial charge in [-0.1, -0.05) is 56.3 Å². The second-order valence-corrected chi connectivity index (χ2v) is 6.32. The molecule has 0 saturated carbocycles. The molecular weight excluding hydrogens is 318 g/mol. The maximum absolute atomic E-state index is 4.68. The van der Waals surface area contributed by atoms with Crippen molar-refractivity contribution < 1.29 is 0 Å². The van der Waals surface area contributed by atoms with Crippen molar-refractivity contribution in [2.24, 2.45) is 0 Å². The highest BCUT2D eigenvalue weighted by Crippen LogP contribution is 2.37. The summed E-state index contributed by atoms with van der Waals surface area (Å²) in [5.74, 6) is 0. The number of aromatic nitrogens is 3. The van der Waals surface area contributed by atoms with E-state index in [2.05, 4.69) is 83.6 Å². The molecule has 128 valence electrons. The van der Waals surface area contributed by atoms with Gasteiger partial charge < -0.3 is 0 Å². The van der Waals surface area contributed by atoms with E-state index in [9.17, 15) is 0 Å². The molecule has 0 atom stereocenters. The van der Waals surface area contributed by atoms with E-state index in [1.54, 1.807) is 0 Å². The Hall–Kier alpha value is -3.07. The fraction of sp³-hybridized carbons (Fsp3) is 0.174. The Kier molecular flexibility index (Phi) is 4.44. The second kappa shape index (κ2) is 7.04. The van der Waals surface area contributed by atoms with Crippen LogP contribution in [0.2, 0.25) is 0 Å². The van der Waals surface area contributed by atoms with Crippen molar-refractivity contribution in [1.82, 2.24) is 15.2 Å². The first-order valence-electron chi connectivity index (χ1n) is 9.10. The van der Waals surface area contributed by atoms with Gasteiger partial charge in [0.25, 0.3) is 0 Å². The number of pyridine rings is 1. The predicted octanol–water partition coefficient (Wildman–Crippen LogP) is 5.48. The summed E-state index contributed by atoms with van der Waals surface area (Å²) in [5, 5.41) is 11.7. The Labute approximate surface area is 153 Å². The summed E-state index contributed by atoms with van der Waals surface area (Å²) in [5.41, 5.74) is 6.74. The third-order valence-electron chi connectivity index (χ3n) is 4.86. The van der Waals surface area contributed by atoms with Crippen molar-refractivity contribution in [3.63, 3.8) is 0 Å². The van der Waals surface area contributed by atoms with Gasteiger partial charge in [-0.3, -0.25) is 4.98 Å². The minimum absolute atomic E-state index is 0.879. The van der Waals surface area contributed by atoms with Gasteiger partial charge >= 0.3 is 0 Å². The first-order valence-corrected chi connectivity index (χ1v) is 9.10. The molecule has 2 heterocycles. The van der Waals surface area contributed by atoms with E-state index in [4.69, 9.17) is 0 Å². The van der Waals surface area contributed by atoms with Crippen molar-refractivity contribution in [1.29, 1.82) is 0 Å². The molecule has 0 saturated heterocycles. The van der Waals surface area contributed by atoms with Crippen LogP contribution in [0.1, 0.15) is 25.1 Å². The third-order valence-corrected chi connectivity index (χ3v) is 4.86. The Morgan fingerprint density at radius 1 is 0.769 bits per heavy atom. The van der Waals surface area contributed by atoms with Crippen molar-refractivity contribution >= 4 is 10.8 Å². The van der Waals surface area contributed by atoms with Crippen LogP contribution in [-0.4, -0.2) is 15.2 Å². The molecule has 0 radical (unpaired) electrons. The topological polar surface area (TPSA) is 38.7 Å². The average Bonchev–Trinajstić information content (AvgIpc) is 2.72. The second-order valence-electron chi connectivity index (χ2n) is 6.32. The standard InChI is InChI=1S/C23H21N3/c1-3-18-21(4-2)25-26-23(22(18)17-12-14-24-15-13-17)20-11-7-9-16-8-5-6-10-19(16)20/h5-15H,3-4H2,1-2H3. The molecule has 26 heavy (non-hydrogen) atoms. The predicted molar refractivity (Wildman–Crippen MR) is 107 cm³/mol. The highest BCUT2D eigenvalue weighted by molar-refractivity contribution is 5.99. The summed E-state index contributed by atoms with van der Waals surface area (Å²) in [7, 11) is 0. The number of nitrogens with zero attached hydrogens (tertiary/aromatic N) is 3. The quantitative estimate of drug-likeness (QED) is 0.494. The van der Waals surface area contributed by atoms with Crippen molar-refractivity contribution in [3.8, 4) is 22.4 Å². The van der Waals surface area contributed by atoms with Crippen LogP contribution in [0.3, 0.4) is 0 Å². The van der Waals surface area contributed by atoms with Crippen molar-refractivity contribution in [2.75, 3.05) is 0 Å². The zero-order chi connectivity index (χ0) is 17.9. The molecule has 3 nitrogen and oxygen atoms in total.